The molecule has 3 nitrogen and oxygen atoms in total. The Morgan fingerprint density at radius 2 is 2.12 bits per heavy atom. The largest absolute Gasteiger partial charge is 0.384 e. The lowest BCUT2D eigenvalue weighted by molar-refractivity contribution is 0.230. The van der Waals surface area contributed by atoms with Crippen LogP contribution < -0.4 is 10.6 Å². The van der Waals surface area contributed by atoms with Gasteiger partial charge in [-0.15, -0.1) is 0 Å². The molecule has 3 rings (SSSR count). The molecular formula is C13H18ClN3. The van der Waals surface area contributed by atoms with Crippen molar-refractivity contribution in [1.29, 1.82) is 0 Å². The van der Waals surface area contributed by atoms with E-state index < -0.39 is 0 Å². The zero-order chi connectivity index (χ0) is 11.7. The van der Waals surface area contributed by atoms with Crippen molar-refractivity contribution in [2.75, 3.05) is 44.6 Å². The number of hydrogen-bond donors (Lipinski definition) is 2. The van der Waals surface area contributed by atoms with Crippen LogP contribution in [0.5, 0.6) is 0 Å². The average Bonchev–Trinajstić information content (AvgIpc) is 2.73. The Labute approximate surface area is 107 Å². The summed E-state index contributed by atoms with van der Waals surface area (Å²) in [4.78, 5) is 2.54. The van der Waals surface area contributed by atoms with Gasteiger partial charge >= 0.3 is 0 Å². The van der Waals surface area contributed by atoms with Gasteiger partial charge in [0.1, 0.15) is 0 Å². The first-order chi connectivity index (χ1) is 8.33. The summed E-state index contributed by atoms with van der Waals surface area (Å²) in [5.74, 6) is 0.585. The minimum Gasteiger partial charge on any atom is -0.384 e. The van der Waals surface area contributed by atoms with Crippen LogP contribution in [0.3, 0.4) is 0 Å². The van der Waals surface area contributed by atoms with Gasteiger partial charge in [0.2, 0.25) is 0 Å². The van der Waals surface area contributed by atoms with Gasteiger partial charge < -0.3 is 15.5 Å². The van der Waals surface area contributed by atoms with Gasteiger partial charge in [-0.1, -0.05) is 11.6 Å². The molecule has 1 fully saturated rings. The van der Waals surface area contributed by atoms with Crippen molar-refractivity contribution >= 4 is 17.3 Å². The smallest absolute Gasteiger partial charge is 0.0410 e. The second-order valence-electron chi connectivity index (χ2n) is 4.86. The predicted octanol–water partition coefficient (Wildman–Crippen LogP) is 1.75. The van der Waals surface area contributed by atoms with E-state index in [4.69, 9.17) is 11.6 Å². The van der Waals surface area contributed by atoms with Gasteiger partial charge in [-0.05, 0) is 23.8 Å². The molecular weight excluding hydrogens is 234 g/mol. The maximum absolute atomic E-state index is 6.08. The van der Waals surface area contributed by atoms with Crippen molar-refractivity contribution in [1.82, 2.24) is 10.2 Å². The van der Waals surface area contributed by atoms with E-state index in [1.165, 1.54) is 11.3 Å². The first-order valence-electron chi connectivity index (χ1n) is 6.29. The molecule has 0 aromatic heterocycles. The highest BCUT2D eigenvalue weighted by Gasteiger charge is 2.24. The van der Waals surface area contributed by atoms with Crippen LogP contribution in [0.1, 0.15) is 11.5 Å². The summed E-state index contributed by atoms with van der Waals surface area (Å²) in [5.41, 5.74) is 2.64. The van der Waals surface area contributed by atoms with Gasteiger partial charge in [0.25, 0.3) is 0 Å². The summed E-state index contributed by atoms with van der Waals surface area (Å²) < 4.78 is 0. The second-order valence-corrected chi connectivity index (χ2v) is 5.30. The molecule has 1 atom stereocenters. The number of fused-ring (bicyclic) bond motifs is 1. The SMILES string of the molecule is Clc1ccc2c(c1)C(CN1CCNCC1)CN2. The molecule has 0 spiro atoms. The Kier molecular flexibility index (Phi) is 3.23. The highest BCUT2D eigenvalue weighted by molar-refractivity contribution is 6.30. The highest BCUT2D eigenvalue weighted by Crippen LogP contribution is 2.33. The van der Waals surface area contributed by atoms with E-state index >= 15 is 0 Å². The molecule has 2 aliphatic heterocycles. The van der Waals surface area contributed by atoms with E-state index in [0.29, 0.717) is 5.92 Å². The standard InChI is InChI=1S/C13H18ClN3/c14-11-1-2-13-12(7-11)10(8-16-13)9-17-5-3-15-4-6-17/h1-2,7,10,15-16H,3-6,8-9H2. The Bertz CT molecular complexity index is 402. The van der Waals surface area contributed by atoms with E-state index in [0.717, 1.165) is 44.3 Å². The minimum absolute atomic E-state index is 0.585. The fourth-order valence-electron chi connectivity index (χ4n) is 2.74. The summed E-state index contributed by atoms with van der Waals surface area (Å²) in [5, 5.41) is 7.70. The normalized spacial score (nSPS) is 24.4. The molecule has 0 radical (unpaired) electrons. The highest BCUT2D eigenvalue weighted by atomic mass is 35.5. The van der Waals surface area contributed by atoms with Gasteiger partial charge in [-0.25, -0.2) is 0 Å². The van der Waals surface area contributed by atoms with E-state index in [1.54, 1.807) is 0 Å². The first kappa shape index (κ1) is 11.3. The lowest BCUT2D eigenvalue weighted by Gasteiger charge is -2.29. The third-order valence-corrected chi connectivity index (χ3v) is 3.92. The fraction of sp³-hybridized carbons (Fsp3) is 0.538. The lowest BCUT2D eigenvalue weighted by atomic mass is 10.0. The summed E-state index contributed by atoms with van der Waals surface area (Å²) in [6, 6.07) is 6.17. The van der Waals surface area contributed by atoms with Crippen LogP contribution in [0.15, 0.2) is 18.2 Å². The topological polar surface area (TPSA) is 27.3 Å². The van der Waals surface area contributed by atoms with Crippen LogP contribution in [0.4, 0.5) is 5.69 Å². The Balaban J connectivity index is 1.72. The molecule has 1 unspecified atom stereocenters. The number of hydrogen-bond acceptors (Lipinski definition) is 3. The minimum atomic E-state index is 0.585. The van der Waals surface area contributed by atoms with E-state index in [9.17, 15) is 0 Å². The van der Waals surface area contributed by atoms with Crippen LogP contribution >= 0.6 is 11.6 Å². The maximum Gasteiger partial charge on any atom is 0.0410 e. The first-order valence-corrected chi connectivity index (χ1v) is 6.67. The van der Waals surface area contributed by atoms with Crippen molar-refractivity contribution in [3.63, 3.8) is 0 Å². The number of anilines is 1. The molecule has 2 heterocycles. The fourth-order valence-corrected chi connectivity index (χ4v) is 2.92. The summed E-state index contributed by atoms with van der Waals surface area (Å²) in [6.07, 6.45) is 0. The van der Waals surface area contributed by atoms with Gasteiger partial charge in [0.05, 0.1) is 0 Å². The molecule has 92 valence electrons. The van der Waals surface area contributed by atoms with Gasteiger partial charge in [0.15, 0.2) is 0 Å². The Morgan fingerprint density at radius 3 is 2.94 bits per heavy atom. The number of nitrogens with zero attached hydrogens (tertiary/aromatic N) is 1. The van der Waals surface area contributed by atoms with Crippen LogP contribution in [0.25, 0.3) is 0 Å². The molecule has 0 aliphatic carbocycles. The monoisotopic (exact) mass is 251 g/mol. The third-order valence-electron chi connectivity index (χ3n) is 3.68. The molecule has 1 aromatic rings. The van der Waals surface area contributed by atoms with Crippen molar-refractivity contribution in [2.45, 2.75) is 5.92 Å². The third kappa shape index (κ3) is 2.41. The Hall–Kier alpha value is -0.770. The Morgan fingerprint density at radius 1 is 1.29 bits per heavy atom. The van der Waals surface area contributed by atoms with Crippen LogP contribution in [-0.4, -0.2) is 44.2 Å². The number of piperazine rings is 1. The van der Waals surface area contributed by atoms with E-state index in [1.807, 2.05) is 6.07 Å². The van der Waals surface area contributed by atoms with Crippen LogP contribution in [-0.2, 0) is 0 Å². The summed E-state index contributed by atoms with van der Waals surface area (Å²) >= 11 is 6.08. The molecule has 17 heavy (non-hydrogen) atoms. The predicted molar refractivity (Wildman–Crippen MR) is 72.0 cm³/mol. The van der Waals surface area contributed by atoms with Crippen LogP contribution in [0.2, 0.25) is 5.02 Å². The summed E-state index contributed by atoms with van der Waals surface area (Å²) in [6.45, 7) is 6.73. The lowest BCUT2D eigenvalue weighted by Crippen LogP contribution is -2.45. The van der Waals surface area contributed by atoms with Gasteiger partial charge in [-0.2, -0.15) is 0 Å². The zero-order valence-corrected chi connectivity index (χ0v) is 10.6. The molecule has 2 aliphatic rings. The summed E-state index contributed by atoms with van der Waals surface area (Å²) in [7, 11) is 0. The van der Waals surface area contributed by atoms with Crippen molar-refractivity contribution in [3.8, 4) is 0 Å². The molecule has 4 heteroatoms. The van der Waals surface area contributed by atoms with E-state index in [-0.39, 0.29) is 0 Å². The van der Waals surface area contributed by atoms with Crippen molar-refractivity contribution in [3.05, 3.63) is 28.8 Å². The number of rotatable bonds is 2. The van der Waals surface area contributed by atoms with Crippen molar-refractivity contribution in [2.24, 2.45) is 0 Å². The maximum atomic E-state index is 6.08. The zero-order valence-electron chi connectivity index (χ0n) is 9.88. The molecule has 0 bridgehead atoms. The molecule has 0 saturated carbocycles. The quantitative estimate of drug-likeness (QED) is 0.839. The molecule has 0 amide bonds. The van der Waals surface area contributed by atoms with Crippen LogP contribution in [0, 0.1) is 0 Å². The van der Waals surface area contributed by atoms with Gasteiger partial charge in [0, 0.05) is 55.9 Å². The van der Waals surface area contributed by atoms with E-state index in [2.05, 4.69) is 27.7 Å². The average molecular weight is 252 g/mol. The molecule has 2 N–H and O–H groups in total. The van der Waals surface area contributed by atoms with Crippen molar-refractivity contribution < 1.29 is 0 Å². The second kappa shape index (κ2) is 4.84. The molecule has 1 saturated heterocycles. The van der Waals surface area contributed by atoms with Gasteiger partial charge in [-0.3, -0.25) is 0 Å². The number of nitrogens with one attached hydrogen (secondary N) is 2. The number of benzene rings is 1. The molecule has 1 aromatic carbocycles. The number of halogens is 1.